The highest BCUT2D eigenvalue weighted by Crippen LogP contribution is 2.39. The van der Waals surface area contributed by atoms with E-state index in [1.54, 1.807) is 36.4 Å². The molecule has 172 valence electrons. The van der Waals surface area contributed by atoms with Gasteiger partial charge in [0.15, 0.2) is 0 Å². The first-order valence-electron chi connectivity index (χ1n) is 9.39. The van der Waals surface area contributed by atoms with Crippen molar-refractivity contribution in [1.29, 1.82) is 5.26 Å². The summed E-state index contributed by atoms with van der Waals surface area (Å²) in [5.74, 6) is -1.28. The number of hydrogen-bond donors (Lipinski definition) is 1. The number of amides is 1. The van der Waals surface area contributed by atoms with Crippen LogP contribution in [0.5, 0.6) is 11.5 Å². The Morgan fingerprint density at radius 3 is 2.38 bits per heavy atom. The first-order valence-corrected chi connectivity index (χ1v) is 9.77. The number of halogens is 4. The van der Waals surface area contributed by atoms with Gasteiger partial charge < -0.3 is 10.1 Å². The molecule has 0 aliphatic rings. The van der Waals surface area contributed by atoms with Crippen LogP contribution in [0.1, 0.15) is 11.1 Å². The Labute approximate surface area is 195 Å². The number of para-hydroxylation sites is 1. The maximum Gasteiger partial charge on any atom is 0.416 e. The monoisotopic (exact) mass is 487 g/mol. The Morgan fingerprint density at radius 2 is 1.76 bits per heavy atom. The number of alkyl halides is 3. The number of hydrogen-bond acceptors (Lipinski definition) is 5. The van der Waals surface area contributed by atoms with E-state index in [-0.39, 0.29) is 21.9 Å². The van der Waals surface area contributed by atoms with Gasteiger partial charge in [-0.1, -0.05) is 29.8 Å². The van der Waals surface area contributed by atoms with Crippen molar-refractivity contribution in [2.75, 3.05) is 5.32 Å². The lowest BCUT2D eigenvalue weighted by atomic mass is 10.1. The number of nitriles is 1. The lowest BCUT2D eigenvalue weighted by molar-refractivity contribution is -0.385. The fourth-order valence-electron chi connectivity index (χ4n) is 2.79. The quantitative estimate of drug-likeness (QED) is 0.182. The zero-order valence-electron chi connectivity index (χ0n) is 17.0. The highest BCUT2D eigenvalue weighted by atomic mass is 35.5. The van der Waals surface area contributed by atoms with Crippen molar-refractivity contribution in [1.82, 2.24) is 0 Å². The summed E-state index contributed by atoms with van der Waals surface area (Å²) in [5.41, 5.74) is -1.93. The average Bonchev–Trinajstić information content (AvgIpc) is 2.79. The first-order chi connectivity index (χ1) is 16.1. The molecule has 0 atom stereocenters. The molecular weight excluding hydrogens is 475 g/mol. The number of anilines is 1. The molecule has 3 aromatic rings. The number of ether oxygens (including phenoxy) is 1. The molecule has 34 heavy (non-hydrogen) atoms. The predicted molar refractivity (Wildman–Crippen MR) is 118 cm³/mol. The summed E-state index contributed by atoms with van der Waals surface area (Å²) in [6.07, 6.45) is -3.64. The topological polar surface area (TPSA) is 105 Å². The van der Waals surface area contributed by atoms with Gasteiger partial charge in [-0.3, -0.25) is 14.9 Å². The first kappa shape index (κ1) is 24.3. The smallest absolute Gasteiger partial charge is 0.416 e. The van der Waals surface area contributed by atoms with Crippen LogP contribution in [0.3, 0.4) is 0 Å². The largest absolute Gasteiger partial charge is 0.449 e. The third-order valence-electron chi connectivity index (χ3n) is 4.37. The maximum absolute atomic E-state index is 13.0. The lowest BCUT2D eigenvalue weighted by Gasteiger charge is -2.12. The van der Waals surface area contributed by atoms with Crippen LogP contribution in [-0.2, 0) is 11.0 Å². The highest BCUT2D eigenvalue weighted by Gasteiger charge is 2.33. The van der Waals surface area contributed by atoms with Gasteiger partial charge in [-0.2, -0.15) is 18.4 Å². The number of nitrogens with one attached hydrogen (secondary N) is 1. The minimum Gasteiger partial charge on any atom is -0.449 e. The minimum atomic E-state index is -4.79. The normalized spacial score (nSPS) is 11.4. The Hall–Kier alpha value is -4.36. The summed E-state index contributed by atoms with van der Waals surface area (Å²) in [4.78, 5) is 22.8. The lowest BCUT2D eigenvalue weighted by Crippen LogP contribution is -2.13. The molecule has 0 aliphatic heterocycles. The molecule has 0 fully saturated rings. The van der Waals surface area contributed by atoms with E-state index in [1.165, 1.54) is 18.2 Å². The second-order valence-corrected chi connectivity index (χ2v) is 7.15. The van der Waals surface area contributed by atoms with Crippen LogP contribution in [0.15, 0.2) is 72.3 Å². The van der Waals surface area contributed by atoms with E-state index in [1.807, 2.05) is 0 Å². The summed E-state index contributed by atoms with van der Waals surface area (Å²) < 4.78 is 44.4. The molecule has 3 aromatic carbocycles. The zero-order valence-corrected chi connectivity index (χ0v) is 17.7. The van der Waals surface area contributed by atoms with Crippen LogP contribution in [0, 0.1) is 21.4 Å². The van der Waals surface area contributed by atoms with Crippen LogP contribution in [0.25, 0.3) is 6.08 Å². The zero-order chi connectivity index (χ0) is 24.9. The van der Waals surface area contributed by atoms with Crippen molar-refractivity contribution in [3.05, 3.63) is 98.6 Å². The van der Waals surface area contributed by atoms with Crippen molar-refractivity contribution < 1.29 is 27.6 Å². The Balaban J connectivity index is 1.99. The van der Waals surface area contributed by atoms with Gasteiger partial charge in [0.25, 0.3) is 5.91 Å². The molecule has 0 saturated heterocycles. The summed E-state index contributed by atoms with van der Waals surface area (Å²) in [7, 11) is 0. The SMILES string of the molecule is N#C/C(=C\c1cc(Cl)ccc1Oc1ccc(C(F)(F)F)cc1[N+](=O)[O-])C(=O)Nc1ccccc1. The van der Waals surface area contributed by atoms with Gasteiger partial charge in [-0.05, 0) is 48.5 Å². The molecule has 1 amide bonds. The van der Waals surface area contributed by atoms with Crippen LogP contribution in [0.4, 0.5) is 24.5 Å². The Bertz CT molecular complexity index is 1320. The van der Waals surface area contributed by atoms with Gasteiger partial charge in [-0.25, -0.2) is 0 Å². The van der Waals surface area contributed by atoms with Crippen molar-refractivity contribution in [3.8, 4) is 17.6 Å². The van der Waals surface area contributed by atoms with Gasteiger partial charge in [0, 0.05) is 22.3 Å². The van der Waals surface area contributed by atoms with Gasteiger partial charge in [0.05, 0.1) is 10.5 Å². The summed E-state index contributed by atoms with van der Waals surface area (Å²) in [6.45, 7) is 0. The molecule has 1 N–H and O–H groups in total. The van der Waals surface area contributed by atoms with Crippen LogP contribution < -0.4 is 10.1 Å². The summed E-state index contributed by atoms with van der Waals surface area (Å²) in [6, 6.07) is 15.9. The molecule has 0 unspecified atom stereocenters. The number of nitrogens with zero attached hydrogens (tertiary/aromatic N) is 2. The highest BCUT2D eigenvalue weighted by molar-refractivity contribution is 6.30. The molecule has 0 aromatic heterocycles. The van der Waals surface area contributed by atoms with Crippen LogP contribution in [0.2, 0.25) is 5.02 Å². The van der Waals surface area contributed by atoms with E-state index in [4.69, 9.17) is 16.3 Å². The minimum absolute atomic E-state index is 0.0764. The van der Waals surface area contributed by atoms with E-state index >= 15 is 0 Å². The molecule has 3 rings (SSSR count). The van der Waals surface area contributed by atoms with Crippen molar-refractivity contribution in [2.45, 2.75) is 6.18 Å². The van der Waals surface area contributed by atoms with Gasteiger partial charge in [0.1, 0.15) is 17.4 Å². The number of nitro groups is 1. The predicted octanol–water partition coefficient (Wildman–Crippen LogP) is 6.60. The molecule has 0 aliphatic carbocycles. The molecule has 7 nitrogen and oxygen atoms in total. The number of nitro benzene ring substituents is 1. The Kier molecular flexibility index (Phi) is 7.18. The van der Waals surface area contributed by atoms with Gasteiger partial charge >= 0.3 is 11.9 Å². The van der Waals surface area contributed by atoms with Gasteiger partial charge in [-0.15, -0.1) is 0 Å². The van der Waals surface area contributed by atoms with Crippen molar-refractivity contribution in [2.24, 2.45) is 0 Å². The summed E-state index contributed by atoms with van der Waals surface area (Å²) in [5, 5.41) is 23.5. The maximum atomic E-state index is 13.0. The van der Waals surface area contributed by atoms with Gasteiger partial charge in [0.2, 0.25) is 5.75 Å². The van der Waals surface area contributed by atoms with E-state index in [0.29, 0.717) is 17.8 Å². The van der Waals surface area contributed by atoms with Crippen LogP contribution >= 0.6 is 11.6 Å². The fraction of sp³-hybridized carbons (Fsp3) is 0.0435. The van der Waals surface area contributed by atoms with Crippen molar-refractivity contribution in [3.63, 3.8) is 0 Å². The molecule has 0 spiro atoms. The standard InChI is InChI=1S/C23H13ClF3N3O4/c24-17-7-9-20(34-21-8-6-16(23(25,26)27)12-19(21)30(32)33)14(11-17)10-15(13-28)22(31)29-18-4-2-1-3-5-18/h1-12H,(H,29,31)/b15-10+. The number of benzene rings is 3. The Morgan fingerprint density at radius 1 is 1.09 bits per heavy atom. The third kappa shape index (κ3) is 5.90. The van der Waals surface area contributed by atoms with E-state index in [9.17, 15) is 33.3 Å². The number of carbonyl (C=O) groups excluding carboxylic acids is 1. The number of rotatable bonds is 6. The van der Waals surface area contributed by atoms with E-state index in [0.717, 1.165) is 12.1 Å². The fourth-order valence-corrected chi connectivity index (χ4v) is 2.97. The van der Waals surface area contributed by atoms with E-state index in [2.05, 4.69) is 5.32 Å². The van der Waals surface area contributed by atoms with Crippen LogP contribution in [-0.4, -0.2) is 10.8 Å². The molecule has 11 heteroatoms. The summed E-state index contributed by atoms with van der Waals surface area (Å²) >= 11 is 6.01. The molecule has 0 heterocycles. The average molecular weight is 488 g/mol. The molecule has 0 saturated carbocycles. The molecule has 0 radical (unpaired) electrons. The second-order valence-electron chi connectivity index (χ2n) is 6.71. The molecular formula is C23H13ClF3N3O4. The number of carbonyl (C=O) groups is 1. The molecule has 0 bridgehead atoms. The second kappa shape index (κ2) is 10.1. The van der Waals surface area contributed by atoms with E-state index < -0.39 is 34.0 Å². The van der Waals surface area contributed by atoms with Crippen molar-refractivity contribution >= 4 is 35.0 Å². The third-order valence-corrected chi connectivity index (χ3v) is 4.61.